The molecule has 1 aliphatic carbocycles. The van der Waals surface area contributed by atoms with Crippen LogP contribution in [0.25, 0.3) is 12.2 Å². The summed E-state index contributed by atoms with van der Waals surface area (Å²) in [7, 11) is 3.16. The number of methoxy groups -OCH3 is 2. The average molecular weight is 364 g/mol. The molecule has 0 saturated heterocycles. The molecular weight excluding hydrogens is 340 g/mol. The van der Waals surface area contributed by atoms with E-state index in [1.54, 1.807) is 25.3 Å². The van der Waals surface area contributed by atoms with E-state index < -0.39 is 0 Å². The number of ether oxygens (including phenoxy) is 2. The van der Waals surface area contributed by atoms with Crippen molar-refractivity contribution in [1.29, 1.82) is 0 Å². The van der Waals surface area contributed by atoms with Gasteiger partial charge in [-0.2, -0.15) is 0 Å². The number of allylic oxidation sites excluding steroid dienone is 2. The Hall–Kier alpha value is -3.01. The zero-order chi connectivity index (χ0) is 19.4. The van der Waals surface area contributed by atoms with Crippen molar-refractivity contribution in [2.75, 3.05) is 14.2 Å². The summed E-state index contributed by atoms with van der Waals surface area (Å²) in [5, 5.41) is 9.73. The summed E-state index contributed by atoms with van der Waals surface area (Å²) in [6.07, 6.45) is 6.28. The van der Waals surface area contributed by atoms with Crippen LogP contribution < -0.4 is 9.47 Å². The van der Waals surface area contributed by atoms with E-state index in [1.165, 1.54) is 7.11 Å². The van der Waals surface area contributed by atoms with Gasteiger partial charge < -0.3 is 14.6 Å². The number of carbonyl (C=O) groups is 1. The van der Waals surface area contributed by atoms with Crippen molar-refractivity contribution >= 4 is 17.9 Å². The van der Waals surface area contributed by atoms with E-state index in [2.05, 4.69) is 0 Å². The first-order valence-corrected chi connectivity index (χ1v) is 8.99. The molecule has 2 aromatic carbocycles. The van der Waals surface area contributed by atoms with Gasteiger partial charge in [-0.15, -0.1) is 0 Å². The Kier molecular flexibility index (Phi) is 5.65. The summed E-state index contributed by atoms with van der Waals surface area (Å²) in [5.41, 5.74) is 4.46. The number of Topliss-reactive ketones (excluding diaryl/α,β-unsaturated/α-hetero) is 1. The van der Waals surface area contributed by atoms with Crippen molar-refractivity contribution in [2.24, 2.45) is 0 Å². The van der Waals surface area contributed by atoms with Crippen molar-refractivity contribution in [2.45, 2.75) is 26.2 Å². The third-order valence-corrected chi connectivity index (χ3v) is 4.79. The number of phenols is 1. The number of phenolic OH excluding ortho intramolecular Hbond substituents is 1. The minimum atomic E-state index is 0.0767. The van der Waals surface area contributed by atoms with Crippen LogP contribution in [0.3, 0.4) is 0 Å². The number of rotatable bonds is 4. The van der Waals surface area contributed by atoms with Gasteiger partial charge in [-0.05, 0) is 73.2 Å². The normalized spacial score (nSPS) is 17.4. The maximum Gasteiger partial charge on any atom is 0.185 e. The molecule has 0 heterocycles. The maximum absolute atomic E-state index is 12.9. The summed E-state index contributed by atoms with van der Waals surface area (Å²) in [6, 6.07) is 11.0. The van der Waals surface area contributed by atoms with E-state index in [1.807, 2.05) is 37.3 Å². The van der Waals surface area contributed by atoms with Gasteiger partial charge in [0.1, 0.15) is 5.75 Å². The fourth-order valence-electron chi connectivity index (χ4n) is 3.29. The first-order valence-electron chi connectivity index (χ1n) is 8.99. The molecule has 0 radical (unpaired) electrons. The van der Waals surface area contributed by atoms with E-state index >= 15 is 0 Å². The van der Waals surface area contributed by atoms with Gasteiger partial charge in [-0.3, -0.25) is 4.79 Å². The van der Waals surface area contributed by atoms with Crippen molar-refractivity contribution in [3.8, 4) is 17.2 Å². The number of ketones is 1. The third kappa shape index (κ3) is 4.22. The lowest BCUT2D eigenvalue weighted by molar-refractivity contribution is -0.112. The standard InChI is InChI=1S/C23H24O4/c1-15-7-8-16(13-21(15)26-2)11-18-5-4-6-19(23(18)25)12-17-9-10-20(24)22(14-17)27-3/h7-14,24H,4-6H2,1-3H3/b18-11+,19-12+. The van der Waals surface area contributed by atoms with Gasteiger partial charge >= 0.3 is 0 Å². The van der Waals surface area contributed by atoms with Crippen LogP contribution in [0.15, 0.2) is 47.5 Å². The molecule has 0 atom stereocenters. The number of carbonyl (C=O) groups excluding carboxylic acids is 1. The van der Waals surface area contributed by atoms with Crippen molar-refractivity contribution in [3.63, 3.8) is 0 Å². The highest BCUT2D eigenvalue weighted by Gasteiger charge is 2.20. The van der Waals surface area contributed by atoms with Crippen LogP contribution >= 0.6 is 0 Å². The van der Waals surface area contributed by atoms with Crippen molar-refractivity contribution in [3.05, 3.63) is 64.2 Å². The van der Waals surface area contributed by atoms with Gasteiger partial charge in [0.25, 0.3) is 0 Å². The molecule has 4 heteroatoms. The van der Waals surface area contributed by atoms with Gasteiger partial charge in [-0.25, -0.2) is 0 Å². The average Bonchev–Trinajstić information content (AvgIpc) is 2.67. The predicted molar refractivity (Wildman–Crippen MR) is 107 cm³/mol. The Morgan fingerprint density at radius 1 is 0.889 bits per heavy atom. The van der Waals surface area contributed by atoms with E-state index in [0.717, 1.165) is 52.8 Å². The first-order chi connectivity index (χ1) is 13.0. The zero-order valence-electron chi connectivity index (χ0n) is 15.9. The van der Waals surface area contributed by atoms with Crippen LogP contribution in [0.2, 0.25) is 0 Å². The smallest absolute Gasteiger partial charge is 0.185 e. The summed E-state index contributed by atoms with van der Waals surface area (Å²) in [6.45, 7) is 1.99. The Labute approximate surface area is 159 Å². The number of benzene rings is 2. The molecular formula is C23H24O4. The number of hydrogen-bond donors (Lipinski definition) is 1. The van der Waals surface area contributed by atoms with Crippen molar-refractivity contribution < 1.29 is 19.4 Å². The molecule has 140 valence electrons. The molecule has 0 unspecified atom stereocenters. The van der Waals surface area contributed by atoms with Crippen LogP contribution in [-0.4, -0.2) is 25.1 Å². The Morgan fingerprint density at radius 3 is 2.04 bits per heavy atom. The molecule has 1 saturated carbocycles. The monoisotopic (exact) mass is 364 g/mol. The SMILES string of the molecule is COc1cc(/C=C2\CCC/C(=C\c3ccc(O)c(OC)c3)C2=O)ccc1C. The second-order valence-corrected chi connectivity index (χ2v) is 6.68. The zero-order valence-corrected chi connectivity index (χ0v) is 15.9. The fraction of sp³-hybridized carbons (Fsp3) is 0.261. The second kappa shape index (κ2) is 8.12. The molecule has 0 aliphatic heterocycles. The highest BCUT2D eigenvalue weighted by atomic mass is 16.5. The van der Waals surface area contributed by atoms with Crippen LogP contribution in [0.1, 0.15) is 36.0 Å². The summed E-state index contributed by atoms with van der Waals surface area (Å²) >= 11 is 0. The predicted octanol–water partition coefficient (Wildman–Crippen LogP) is 4.94. The molecule has 1 aliphatic rings. The van der Waals surface area contributed by atoms with Crippen LogP contribution in [-0.2, 0) is 4.79 Å². The molecule has 1 fully saturated rings. The molecule has 2 aromatic rings. The first kappa shape index (κ1) is 18.8. The van der Waals surface area contributed by atoms with E-state index in [0.29, 0.717) is 5.75 Å². The summed E-state index contributed by atoms with van der Waals surface area (Å²) < 4.78 is 10.5. The highest BCUT2D eigenvalue weighted by molar-refractivity contribution is 6.14. The number of aryl methyl sites for hydroxylation is 1. The topological polar surface area (TPSA) is 55.8 Å². The van der Waals surface area contributed by atoms with Gasteiger partial charge in [0.15, 0.2) is 17.3 Å². The van der Waals surface area contributed by atoms with Gasteiger partial charge in [0, 0.05) is 11.1 Å². The molecule has 0 spiro atoms. The lowest BCUT2D eigenvalue weighted by atomic mass is 9.86. The van der Waals surface area contributed by atoms with Crippen molar-refractivity contribution in [1.82, 2.24) is 0 Å². The van der Waals surface area contributed by atoms with Gasteiger partial charge in [0.05, 0.1) is 14.2 Å². The summed E-state index contributed by atoms with van der Waals surface area (Å²) in [4.78, 5) is 12.9. The Morgan fingerprint density at radius 2 is 1.44 bits per heavy atom. The molecule has 1 N–H and O–H groups in total. The second-order valence-electron chi connectivity index (χ2n) is 6.68. The minimum Gasteiger partial charge on any atom is -0.504 e. The number of hydrogen-bond acceptors (Lipinski definition) is 4. The van der Waals surface area contributed by atoms with E-state index in [-0.39, 0.29) is 11.5 Å². The maximum atomic E-state index is 12.9. The third-order valence-electron chi connectivity index (χ3n) is 4.79. The van der Waals surface area contributed by atoms with E-state index in [9.17, 15) is 9.90 Å². The van der Waals surface area contributed by atoms with Gasteiger partial charge in [-0.1, -0.05) is 18.2 Å². The summed E-state index contributed by atoms with van der Waals surface area (Å²) in [5.74, 6) is 1.38. The quantitative estimate of drug-likeness (QED) is 0.781. The molecule has 3 rings (SSSR count). The molecule has 0 amide bonds. The Balaban J connectivity index is 1.89. The molecule has 0 bridgehead atoms. The van der Waals surface area contributed by atoms with Crippen LogP contribution in [0.4, 0.5) is 0 Å². The highest BCUT2D eigenvalue weighted by Crippen LogP contribution is 2.31. The molecule has 27 heavy (non-hydrogen) atoms. The number of aromatic hydroxyl groups is 1. The lowest BCUT2D eigenvalue weighted by Gasteiger charge is -2.17. The van der Waals surface area contributed by atoms with Crippen LogP contribution in [0, 0.1) is 6.92 Å². The fourth-order valence-corrected chi connectivity index (χ4v) is 3.29. The molecule has 0 aromatic heterocycles. The Bertz CT molecular complexity index is 848. The van der Waals surface area contributed by atoms with Crippen LogP contribution in [0.5, 0.6) is 17.2 Å². The largest absolute Gasteiger partial charge is 0.504 e. The minimum absolute atomic E-state index is 0.0767. The van der Waals surface area contributed by atoms with E-state index in [4.69, 9.17) is 9.47 Å². The lowest BCUT2D eigenvalue weighted by Crippen LogP contribution is -2.12. The molecule has 4 nitrogen and oxygen atoms in total. The van der Waals surface area contributed by atoms with Gasteiger partial charge in [0.2, 0.25) is 0 Å².